The van der Waals surface area contributed by atoms with E-state index in [9.17, 15) is 9.59 Å². The summed E-state index contributed by atoms with van der Waals surface area (Å²) in [6.07, 6.45) is 7.41. The zero-order valence-electron chi connectivity index (χ0n) is 15.7. The molecule has 4 bridgehead atoms. The summed E-state index contributed by atoms with van der Waals surface area (Å²) >= 11 is 5.08. The highest BCUT2D eigenvalue weighted by molar-refractivity contribution is 9.10. The SMILES string of the molecule is CC(=O)NC(CSc1cccc(Br)c1)C(=O)NC12CC3CC(CC(C3)C1)C2. The van der Waals surface area contributed by atoms with Crippen LogP contribution in [0.3, 0.4) is 0 Å². The molecule has 1 atom stereocenters. The minimum Gasteiger partial charge on any atom is -0.349 e. The average molecular weight is 451 g/mol. The van der Waals surface area contributed by atoms with Crippen LogP contribution in [0.1, 0.15) is 45.4 Å². The Hall–Kier alpha value is -1.01. The topological polar surface area (TPSA) is 58.2 Å². The zero-order chi connectivity index (χ0) is 19.0. The third-order valence-corrected chi connectivity index (χ3v) is 7.91. The number of nitrogens with one attached hydrogen (secondary N) is 2. The number of halogens is 1. The fourth-order valence-electron chi connectivity index (χ4n) is 5.78. The normalized spacial score (nSPS) is 32.1. The van der Waals surface area contributed by atoms with Crippen LogP contribution in [0.15, 0.2) is 33.6 Å². The molecule has 2 N–H and O–H groups in total. The molecule has 2 amide bonds. The van der Waals surface area contributed by atoms with Crippen LogP contribution in [0.2, 0.25) is 0 Å². The van der Waals surface area contributed by atoms with Crippen LogP contribution in [-0.4, -0.2) is 29.1 Å². The van der Waals surface area contributed by atoms with Gasteiger partial charge in [-0.05, 0) is 74.5 Å². The van der Waals surface area contributed by atoms with Gasteiger partial charge in [-0.3, -0.25) is 9.59 Å². The molecule has 0 aromatic heterocycles. The molecule has 5 rings (SSSR count). The molecule has 4 aliphatic rings. The Morgan fingerprint density at radius 1 is 1.19 bits per heavy atom. The fourth-order valence-corrected chi connectivity index (χ4v) is 7.31. The first-order valence-electron chi connectivity index (χ1n) is 9.88. The van der Waals surface area contributed by atoms with Gasteiger partial charge in [0, 0.05) is 27.6 Å². The smallest absolute Gasteiger partial charge is 0.243 e. The van der Waals surface area contributed by atoms with Gasteiger partial charge in [-0.2, -0.15) is 0 Å². The second kappa shape index (κ2) is 7.78. The van der Waals surface area contributed by atoms with Gasteiger partial charge in [0.1, 0.15) is 6.04 Å². The van der Waals surface area contributed by atoms with Crippen LogP contribution in [0.5, 0.6) is 0 Å². The molecule has 0 heterocycles. The van der Waals surface area contributed by atoms with Crippen LogP contribution in [-0.2, 0) is 9.59 Å². The highest BCUT2D eigenvalue weighted by atomic mass is 79.9. The average Bonchev–Trinajstić information content (AvgIpc) is 2.56. The predicted molar refractivity (Wildman–Crippen MR) is 112 cm³/mol. The van der Waals surface area contributed by atoms with Gasteiger partial charge < -0.3 is 10.6 Å². The first-order valence-corrected chi connectivity index (χ1v) is 11.7. The second-order valence-corrected chi connectivity index (χ2v) is 10.7. The molecule has 0 saturated heterocycles. The maximum absolute atomic E-state index is 13.1. The summed E-state index contributed by atoms with van der Waals surface area (Å²) in [5.41, 5.74) is -0.0248. The van der Waals surface area contributed by atoms with E-state index in [0.29, 0.717) is 5.75 Å². The van der Waals surface area contributed by atoms with E-state index < -0.39 is 6.04 Å². The van der Waals surface area contributed by atoms with Crippen molar-refractivity contribution in [3.05, 3.63) is 28.7 Å². The molecule has 0 spiro atoms. The molecule has 146 valence electrons. The molecule has 6 heteroatoms. The van der Waals surface area contributed by atoms with E-state index in [1.165, 1.54) is 26.2 Å². The lowest BCUT2D eigenvalue weighted by molar-refractivity contribution is -0.131. The molecule has 1 unspecified atom stereocenters. The molecular formula is C21H27BrN2O2S. The molecule has 4 aliphatic carbocycles. The van der Waals surface area contributed by atoms with Crippen LogP contribution in [0.4, 0.5) is 0 Å². The van der Waals surface area contributed by atoms with Gasteiger partial charge in [-0.15, -0.1) is 11.8 Å². The Morgan fingerprint density at radius 2 is 1.81 bits per heavy atom. The molecular weight excluding hydrogens is 424 g/mol. The van der Waals surface area contributed by atoms with Crippen LogP contribution < -0.4 is 10.6 Å². The number of carbonyl (C=O) groups is 2. The first kappa shape index (κ1) is 19.3. The fraction of sp³-hybridized carbons (Fsp3) is 0.619. The summed E-state index contributed by atoms with van der Waals surface area (Å²) in [6.45, 7) is 1.48. The molecule has 4 saturated carbocycles. The summed E-state index contributed by atoms with van der Waals surface area (Å²) in [7, 11) is 0. The number of thioether (sulfide) groups is 1. The van der Waals surface area contributed by atoms with Crippen molar-refractivity contribution in [2.45, 2.75) is 61.9 Å². The lowest BCUT2D eigenvalue weighted by Gasteiger charge is -2.57. The van der Waals surface area contributed by atoms with E-state index in [0.717, 1.165) is 46.4 Å². The van der Waals surface area contributed by atoms with Crippen molar-refractivity contribution in [2.75, 3.05) is 5.75 Å². The summed E-state index contributed by atoms with van der Waals surface area (Å²) < 4.78 is 1.02. The van der Waals surface area contributed by atoms with E-state index in [-0.39, 0.29) is 17.4 Å². The standard InChI is InChI=1S/C21H27BrN2O2S/c1-13(25)23-19(12-27-18-4-2-3-17(22)8-18)20(26)24-21-9-14-5-15(10-21)7-16(6-14)11-21/h2-4,8,14-16,19H,5-7,9-12H2,1H3,(H,23,25)(H,24,26). The molecule has 4 fully saturated rings. The highest BCUT2D eigenvalue weighted by Gasteiger charge is 2.51. The molecule has 4 nitrogen and oxygen atoms in total. The zero-order valence-corrected chi connectivity index (χ0v) is 18.1. The van der Waals surface area contributed by atoms with Crippen molar-refractivity contribution in [1.29, 1.82) is 0 Å². The molecule has 0 aliphatic heterocycles. The summed E-state index contributed by atoms with van der Waals surface area (Å²) in [5.74, 6) is 2.71. The summed E-state index contributed by atoms with van der Waals surface area (Å²) in [6, 6.07) is 7.52. The van der Waals surface area contributed by atoms with Crippen molar-refractivity contribution in [3.8, 4) is 0 Å². The quantitative estimate of drug-likeness (QED) is 0.640. The van der Waals surface area contributed by atoms with Crippen LogP contribution in [0.25, 0.3) is 0 Å². The van der Waals surface area contributed by atoms with E-state index in [1.54, 1.807) is 11.8 Å². The van der Waals surface area contributed by atoms with Gasteiger partial charge in [0.2, 0.25) is 11.8 Å². The number of amides is 2. The molecule has 1 aromatic rings. The largest absolute Gasteiger partial charge is 0.349 e. The number of rotatable bonds is 6. The van der Waals surface area contributed by atoms with Crippen molar-refractivity contribution in [2.24, 2.45) is 17.8 Å². The Morgan fingerprint density at radius 3 is 2.37 bits per heavy atom. The predicted octanol–water partition coefficient (Wildman–Crippen LogP) is 4.13. The lowest BCUT2D eigenvalue weighted by Crippen LogP contribution is -2.63. The molecule has 0 radical (unpaired) electrons. The monoisotopic (exact) mass is 450 g/mol. The van der Waals surface area contributed by atoms with Gasteiger partial charge in [-0.25, -0.2) is 0 Å². The molecule has 1 aromatic carbocycles. The second-order valence-electron chi connectivity index (χ2n) is 8.71. The Bertz CT molecular complexity index is 703. The third kappa shape index (κ3) is 4.53. The number of hydrogen-bond acceptors (Lipinski definition) is 3. The van der Waals surface area contributed by atoms with E-state index in [1.807, 2.05) is 24.3 Å². The van der Waals surface area contributed by atoms with Gasteiger partial charge in [-0.1, -0.05) is 22.0 Å². The third-order valence-electron chi connectivity index (χ3n) is 6.33. The first-order chi connectivity index (χ1) is 12.9. The number of carbonyl (C=O) groups excluding carboxylic acids is 2. The maximum Gasteiger partial charge on any atom is 0.243 e. The van der Waals surface area contributed by atoms with Gasteiger partial charge in [0.05, 0.1) is 0 Å². The van der Waals surface area contributed by atoms with E-state index in [2.05, 4.69) is 26.6 Å². The number of benzene rings is 1. The van der Waals surface area contributed by atoms with Crippen molar-refractivity contribution in [3.63, 3.8) is 0 Å². The van der Waals surface area contributed by atoms with Crippen LogP contribution in [0, 0.1) is 17.8 Å². The Balaban J connectivity index is 1.42. The Kier molecular flexibility index (Phi) is 5.57. The van der Waals surface area contributed by atoms with Crippen molar-refractivity contribution >= 4 is 39.5 Å². The van der Waals surface area contributed by atoms with Gasteiger partial charge in [0.25, 0.3) is 0 Å². The summed E-state index contributed by atoms with van der Waals surface area (Å²) in [4.78, 5) is 25.9. The lowest BCUT2D eigenvalue weighted by atomic mass is 9.53. The Labute approximate surface area is 173 Å². The molecule has 27 heavy (non-hydrogen) atoms. The minimum atomic E-state index is -0.500. The minimum absolute atomic E-state index is 0.0188. The number of hydrogen-bond donors (Lipinski definition) is 2. The van der Waals surface area contributed by atoms with Crippen molar-refractivity contribution in [1.82, 2.24) is 10.6 Å². The van der Waals surface area contributed by atoms with E-state index in [4.69, 9.17) is 0 Å². The summed E-state index contributed by atoms with van der Waals surface area (Å²) in [5, 5.41) is 6.26. The maximum atomic E-state index is 13.1. The van der Waals surface area contributed by atoms with Gasteiger partial charge in [0.15, 0.2) is 0 Å². The van der Waals surface area contributed by atoms with Crippen LogP contribution >= 0.6 is 27.7 Å². The highest BCUT2D eigenvalue weighted by Crippen LogP contribution is 2.55. The van der Waals surface area contributed by atoms with Crippen molar-refractivity contribution < 1.29 is 9.59 Å². The van der Waals surface area contributed by atoms with Gasteiger partial charge >= 0.3 is 0 Å². The van der Waals surface area contributed by atoms with E-state index >= 15 is 0 Å².